The number of carbonyl (C=O) groups is 1. The van der Waals surface area contributed by atoms with Gasteiger partial charge in [0, 0.05) is 12.4 Å². The number of rotatable bonds is 8. The van der Waals surface area contributed by atoms with Crippen molar-refractivity contribution in [2.24, 2.45) is 5.41 Å². The summed E-state index contributed by atoms with van der Waals surface area (Å²) in [6.45, 7) is 4.80. The minimum absolute atomic E-state index is 0.00894. The highest BCUT2D eigenvalue weighted by molar-refractivity contribution is 6.17. The molecule has 1 aromatic rings. The van der Waals surface area contributed by atoms with Crippen molar-refractivity contribution in [3.05, 3.63) is 23.8 Å². The standard InChI is InChI=1S/C16H24ClNO3/c1-16(2,7-8-17)11-18-15(19)10-12-5-6-13(20-3)14(9-12)21-4/h5-6,9H,7-8,10-11H2,1-4H3,(H,18,19). The molecule has 0 spiro atoms. The fourth-order valence-corrected chi connectivity index (χ4v) is 2.43. The van der Waals surface area contributed by atoms with E-state index in [0.717, 1.165) is 12.0 Å². The highest BCUT2D eigenvalue weighted by Gasteiger charge is 2.18. The quantitative estimate of drug-likeness (QED) is 0.750. The van der Waals surface area contributed by atoms with Crippen LogP contribution < -0.4 is 14.8 Å². The molecule has 0 saturated heterocycles. The van der Waals surface area contributed by atoms with Crippen molar-refractivity contribution in [3.63, 3.8) is 0 Å². The maximum absolute atomic E-state index is 12.0. The molecule has 1 amide bonds. The van der Waals surface area contributed by atoms with Crippen LogP contribution >= 0.6 is 11.6 Å². The zero-order chi connectivity index (χ0) is 15.9. The van der Waals surface area contributed by atoms with Crippen molar-refractivity contribution in [2.75, 3.05) is 26.6 Å². The van der Waals surface area contributed by atoms with Crippen LogP contribution in [0.3, 0.4) is 0 Å². The lowest BCUT2D eigenvalue weighted by molar-refractivity contribution is -0.120. The number of nitrogens with one attached hydrogen (secondary N) is 1. The maximum Gasteiger partial charge on any atom is 0.224 e. The van der Waals surface area contributed by atoms with Crippen molar-refractivity contribution in [1.82, 2.24) is 5.32 Å². The van der Waals surface area contributed by atoms with Crippen molar-refractivity contribution in [2.45, 2.75) is 26.7 Å². The molecule has 0 radical (unpaired) electrons. The number of hydrogen-bond acceptors (Lipinski definition) is 3. The molecular formula is C16H24ClNO3. The number of methoxy groups -OCH3 is 2. The Labute approximate surface area is 131 Å². The van der Waals surface area contributed by atoms with E-state index < -0.39 is 0 Å². The fourth-order valence-electron chi connectivity index (χ4n) is 1.92. The van der Waals surface area contributed by atoms with E-state index in [0.29, 0.717) is 30.3 Å². The lowest BCUT2D eigenvalue weighted by Crippen LogP contribution is -2.35. The first kappa shape index (κ1) is 17.6. The van der Waals surface area contributed by atoms with E-state index in [1.54, 1.807) is 20.3 Å². The third-order valence-electron chi connectivity index (χ3n) is 3.35. The van der Waals surface area contributed by atoms with Crippen LogP contribution in [-0.4, -0.2) is 32.6 Å². The van der Waals surface area contributed by atoms with Gasteiger partial charge in [-0.3, -0.25) is 4.79 Å². The van der Waals surface area contributed by atoms with Gasteiger partial charge in [0.2, 0.25) is 5.91 Å². The van der Waals surface area contributed by atoms with Gasteiger partial charge in [-0.05, 0) is 29.5 Å². The molecule has 118 valence electrons. The molecule has 1 aromatic carbocycles. The second-order valence-corrected chi connectivity index (χ2v) is 6.12. The van der Waals surface area contributed by atoms with Crippen LogP contribution in [0.5, 0.6) is 11.5 Å². The lowest BCUT2D eigenvalue weighted by atomic mass is 9.90. The fraction of sp³-hybridized carbons (Fsp3) is 0.562. The molecule has 1 N–H and O–H groups in total. The largest absolute Gasteiger partial charge is 0.493 e. The summed E-state index contributed by atoms with van der Waals surface area (Å²) >= 11 is 5.75. The maximum atomic E-state index is 12.0. The van der Waals surface area contributed by atoms with Gasteiger partial charge in [0.05, 0.1) is 20.6 Å². The molecule has 0 aliphatic rings. The first-order valence-electron chi connectivity index (χ1n) is 6.95. The Morgan fingerprint density at radius 1 is 1.24 bits per heavy atom. The molecular weight excluding hydrogens is 290 g/mol. The molecule has 0 unspecified atom stereocenters. The van der Waals surface area contributed by atoms with E-state index in [2.05, 4.69) is 19.2 Å². The topological polar surface area (TPSA) is 47.6 Å². The minimum Gasteiger partial charge on any atom is -0.493 e. The summed E-state index contributed by atoms with van der Waals surface area (Å²) in [4.78, 5) is 12.0. The Morgan fingerprint density at radius 3 is 2.48 bits per heavy atom. The first-order valence-corrected chi connectivity index (χ1v) is 7.49. The molecule has 1 rings (SSSR count). The highest BCUT2D eigenvalue weighted by atomic mass is 35.5. The SMILES string of the molecule is COc1ccc(CC(=O)NCC(C)(C)CCCl)cc1OC. The van der Waals surface area contributed by atoms with E-state index in [1.165, 1.54) is 0 Å². The van der Waals surface area contributed by atoms with E-state index in [-0.39, 0.29) is 11.3 Å². The van der Waals surface area contributed by atoms with Gasteiger partial charge in [-0.2, -0.15) is 0 Å². The van der Waals surface area contributed by atoms with Gasteiger partial charge in [-0.1, -0.05) is 19.9 Å². The monoisotopic (exact) mass is 313 g/mol. The minimum atomic E-state index is -0.00938. The summed E-state index contributed by atoms with van der Waals surface area (Å²) < 4.78 is 10.4. The third-order valence-corrected chi connectivity index (χ3v) is 3.54. The van der Waals surface area contributed by atoms with Crippen LogP contribution in [0.15, 0.2) is 18.2 Å². The van der Waals surface area contributed by atoms with Crippen LogP contribution in [0.4, 0.5) is 0 Å². The third kappa shape index (κ3) is 5.84. The Bertz CT molecular complexity index is 475. The molecule has 0 fully saturated rings. The van der Waals surface area contributed by atoms with Gasteiger partial charge in [0.15, 0.2) is 11.5 Å². The molecule has 0 bridgehead atoms. The summed E-state index contributed by atoms with van der Waals surface area (Å²) in [5.74, 6) is 1.87. The average molecular weight is 314 g/mol. The summed E-state index contributed by atoms with van der Waals surface area (Å²) in [6.07, 6.45) is 1.18. The van der Waals surface area contributed by atoms with Crippen molar-refractivity contribution < 1.29 is 14.3 Å². The second-order valence-electron chi connectivity index (χ2n) is 5.75. The molecule has 0 aromatic heterocycles. The second kappa shape index (κ2) is 8.13. The predicted molar refractivity (Wildman–Crippen MR) is 85.4 cm³/mol. The number of carbonyl (C=O) groups excluding carboxylic acids is 1. The highest BCUT2D eigenvalue weighted by Crippen LogP contribution is 2.27. The average Bonchev–Trinajstić information content (AvgIpc) is 2.45. The molecule has 0 saturated carbocycles. The smallest absolute Gasteiger partial charge is 0.224 e. The number of benzene rings is 1. The molecule has 5 heteroatoms. The summed E-state index contributed by atoms with van der Waals surface area (Å²) in [5, 5.41) is 2.95. The number of hydrogen-bond donors (Lipinski definition) is 1. The van der Waals surface area contributed by atoms with Gasteiger partial charge < -0.3 is 14.8 Å². The summed E-state index contributed by atoms with van der Waals surface area (Å²) in [6, 6.07) is 5.49. The van der Waals surface area contributed by atoms with Gasteiger partial charge in [0.1, 0.15) is 0 Å². The summed E-state index contributed by atoms with van der Waals surface area (Å²) in [7, 11) is 3.17. The zero-order valence-corrected chi connectivity index (χ0v) is 13.9. The molecule has 21 heavy (non-hydrogen) atoms. The Hall–Kier alpha value is -1.42. The van der Waals surface area contributed by atoms with E-state index >= 15 is 0 Å². The van der Waals surface area contributed by atoms with Crippen LogP contribution in [-0.2, 0) is 11.2 Å². The molecule has 0 aliphatic heterocycles. The van der Waals surface area contributed by atoms with Crippen LogP contribution in [0, 0.1) is 5.41 Å². The Morgan fingerprint density at radius 2 is 1.90 bits per heavy atom. The number of amides is 1. The van der Waals surface area contributed by atoms with Gasteiger partial charge in [-0.25, -0.2) is 0 Å². The van der Waals surface area contributed by atoms with E-state index in [4.69, 9.17) is 21.1 Å². The molecule has 0 aliphatic carbocycles. The molecule has 0 heterocycles. The van der Waals surface area contributed by atoms with Gasteiger partial charge in [-0.15, -0.1) is 11.6 Å². The Balaban J connectivity index is 2.59. The first-order chi connectivity index (χ1) is 9.91. The van der Waals surface area contributed by atoms with Gasteiger partial charge in [0.25, 0.3) is 0 Å². The number of halogens is 1. The lowest BCUT2D eigenvalue weighted by Gasteiger charge is -2.23. The van der Waals surface area contributed by atoms with Crippen LogP contribution in [0.1, 0.15) is 25.8 Å². The van der Waals surface area contributed by atoms with Crippen molar-refractivity contribution >= 4 is 17.5 Å². The Kier molecular flexibility index (Phi) is 6.82. The van der Waals surface area contributed by atoms with Crippen LogP contribution in [0.2, 0.25) is 0 Å². The number of ether oxygens (including phenoxy) is 2. The molecule has 4 nitrogen and oxygen atoms in total. The van der Waals surface area contributed by atoms with Crippen molar-refractivity contribution in [1.29, 1.82) is 0 Å². The predicted octanol–water partition coefficient (Wildman–Crippen LogP) is 3.02. The van der Waals surface area contributed by atoms with E-state index in [1.807, 2.05) is 12.1 Å². The van der Waals surface area contributed by atoms with Crippen molar-refractivity contribution in [3.8, 4) is 11.5 Å². The van der Waals surface area contributed by atoms with E-state index in [9.17, 15) is 4.79 Å². The summed E-state index contributed by atoms with van der Waals surface area (Å²) in [5.41, 5.74) is 0.898. The zero-order valence-electron chi connectivity index (χ0n) is 13.2. The van der Waals surface area contributed by atoms with Crippen LogP contribution in [0.25, 0.3) is 0 Å². The number of alkyl halides is 1. The normalized spacial score (nSPS) is 11.1. The van der Waals surface area contributed by atoms with Gasteiger partial charge >= 0.3 is 0 Å². The molecule has 0 atom stereocenters.